The average molecular weight is 353 g/mol. The van der Waals surface area contributed by atoms with Gasteiger partial charge in [-0.15, -0.1) is 0 Å². The van der Waals surface area contributed by atoms with E-state index < -0.39 is 17.5 Å². The topological polar surface area (TPSA) is 54.0 Å². The van der Waals surface area contributed by atoms with Gasteiger partial charge in [0, 0.05) is 11.3 Å². The molecule has 3 rings (SSSR count). The van der Waals surface area contributed by atoms with Gasteiger partial charge in [-0.05, 0) is 67.4 Å². The lowest BCUT2D eigenvalue weighted by Gasteiger charge is -2.10. The van der Waals surface area contributed by atoms with Gasteiger partial charge in [0.15, 0.2) is 11.6 Å². The molecule has 1 heterocycles. The maximum atomic E-state index is 13.2. The van der Waals surface area contributed by atoms with Gasteiger partial charge in [0.2, 0.25) is 0 Å². The van der Waals surface area contributed by atoms with Crippen LogP contribution in [0, 0.1) is 25.5 Å². The number of carbonyl (C=O) groups excluding carboxylic acids is 1. The highest BCUT2D eigenvalue weighted by Gasteiger charge is 2.10. The van der Waals surface area contributed by atoms with Crippen molar-refractivity contribution in [3.63, 3.8) is 0 Å². The molecule has 0 fully saturated rings. The van der Waals surface area contributed by atoms with Crippen LogP contribution in [-0.4, -0.2) is 10.9 Å². The van der Waals surface area contributed by atoms with Gasteiger partial charge in [-0.2, -0.15) is 0 Å². The van der Waals surface area contributed by atoms with Crippen molar-refractivity contribution in [3.8, 4) is 0 Å². The van der Waals surface area contributed by atoms with E-state index in [0.29, 0.717) is 5.82 Å². The molecule has 0 unspecified atom stereocenters. The number of hydrogen-bond donors (Lipinski definition) is 2. The van der Waals surface area contributed by atoms with Crippen LogP contribution in [0.2, 0.25) is 0 Å². The van der Waals surface area contributed by atoms with Crippen LogP contribution >= 0.6 is 0 Å². The van der Waals surface area contributed by atoms with E-state index in [1.807, 2.05) is 26.0 Å². The Morgan fingerprint density at radius 3 is 2.23 bits per heavy atom. The Morgan fingerprint density at radius 2 is 1.62 bits per heavy atom. The van der Waals surface area contributed by atoms with Crippen LogP contribution in [0.25, 0.3) is 0 Å². The predicted molar refractivity (Wildman–Crippen MR) is 97.7 cm³/mol. The molecule has 0 aliphatic heterocycles. The summed E-state index contributed by atoms with van der Waals surface area (Å²) < 4.78 is 26.2. The molecule has 132 valence electrons. The Hall–Kier alpha value is -3.28. The maximum absolute atomic E-state index is 13.2. The van der Waals surface area contributed by atoms with Crippen LogP contribution in [0.15, 0.2) is 54.7 Å². The number of nitrogens with zero attached hydrogens (tertiary/aromatic N) is 1. The highest BCUT2D eigenvalue weighted by Crippen LogP contribution is 2.20. The molecule has 1 amide bonds. The van der Waals surface area contributed by atoms with Crippen molar-refractivity contribution < 1.29 is 13.6 Å². The summed E-state index contributed by atoms with van der Waals surface area (Å²) in [4.78, 5) is 16.2. The molecule has 2 aromatic carbocycles. The summed E-state index contributed by atoms with van der Waals surface area (Å²) in [6.07, 6.45) is 1.58. The minimum atomic E-state index is -1.07. The number of amides is 1. The first-order chi connectivity index (χ1) is 12.4. The molecule has 2 N–H and O–H groups in total. The van der Waals surface area contributed by atoms with Crippen LogP contribution in [0.5, 0.6) is 0 Å². The first-order valence-corrected chi connectivity index (χ1v) is 7.98. The smallest absolute Gasteiger partial charge is 0.256 e. The van der Waals surface area contributed by atoms with Gasteiger partial charge in [-0.1, -0.05) is 6.07 Å². The molecule has 0 saturated heterocycles. The lowest BCUT2D eigenvalue weighted by atomic mass is 10.1. The zero-order chi connectivity index (χ0) is 18.7. The molecular weight excluding hydrogens is 336 g/mol. The number of aromatic nitrogens is 1. The number of hydrogen-bond acceptors (Lipinski definition) is 3. The number of halogens is 2. The van der Waals surface area contributed by atoms with Gasteiger partial charge in [-0.25, -0.2) is 13.8 Å². The van der Waals surface area contributed by atoms with Crippen LogP contribution in [-0.2, 0) is 0 Å². The van der Waals surface area contributed by atoms with Crippen LogP contribution in [0.1, 0.15) is 21.5 Å². The van der Waals surface area contributed by atoms with E-state index in [0.717, 1.165) is 34.6 Å². The maximum Gasteiger partial charge on any atom is 0.256 e. The van der Waals surface area contributed by atoms with Gasteiger partial charge in [-0.3, -0.25) is 4.79 Å². The third-order valence-electron chi connectivity index (χ3n) is 3.70. The molecule has 4 nitrogen and oxygen atoms in total. The second kappa shape index (κ2) is 7.31. The Morgan fingerprint density at radius 1 is 0.885 bits per heavy atom. The number of benzene rings is 2. The van der Waals surface area contributed by atoms with Crippen molar-refractivity contribution in [1.29, 1.82) is 0 Å². The van der Waals surface area contributed by atoms with E-state index in [1.165, 1.54) is 6.07 Å². The summed E-state index contributed by atoms with van der Waals surface area (Å²) in [5.41, 5.74) is 4.03. The number of nitrogens with one attached hydrogen (secondary N) is 2. The molecule has 26 heavy (non-hydrogen) atoms. The van der Waals surface area contributed by atoms with Gasteiger partial charge in [0.1, 0.15) is 5.82 Å². The fourth-order valence-electron chi connectivity index (χ4n) is 2.58. The van der Waals surface area contributed by atoms with Crippen molar-refractivity contribution in [1.82, 2.24) is 4.98 Å². The van der Waals surface area contributed by atoms with Crippen molar-refractivity contribution in [2.45, 2.75) is 13.8 Å². The van der Waals surface area contributed by atoms with Gasteiger partial charge < -0.3 is 10.6 Å². The molecule has 0 aliphatic carbocycles. The van der Waals surface area contributed by atoms with Crippen LogP contribution in [0.4, 0.5) is 26.0 Å². The number of aryl methyl sites for hydroxylation is 2. The number of carbonyl (C=O) groups is 1. The predicted octanol–water partition coefficient (Wildman–Crippen LogP) is 4.97. The van der Waals surface area contributed by atoms with Crippen molar-refractivity contribution in [3.05, 3.63) is 83.1 Å². The summed E-state index contributed by atoms with van der Waals surface area (Å²) in [5.74, 6) is -2.32. The first-order valence-electron chi connectivity index (χ1n) is 7.98. The molecule has 6 heteroatoms. The molecule has 0 radical (unpaired) electrons. The normalized spacial score (nSPS) is 10.5. The summed E-state index contributed by atoms with van der Waals surface area (Å²) in [6, 6.07) is 12.5. The van der Waals surface area contributed by atoms with E-state index in [-0.39, 0.29) is 5.56 Å². The molecule has 0 bridgehead atoms. The zero-order valence-corrected chi connectivity index (χ0v) is 14.3. The Labute approximate surface area is 149 Å². The molecule has 0 saturated carbocycles. The number of anilines is 3. The largest absolute Gasteiger partial charge is 0.354 e. The fourth-order valence-corrected chi connectivity index (χ4v) is 2.58. The minimum Gasteiger partial charge on any atom is -0.354 e. The van der Waals surface area contributed by atoms with Crippen molar-refractivity contribution >= 4 is 23.1 Å². The van der Waals surface area contributed by atoms with Gasteiger partial charge in [0.25, 0.3) is 5.91 Å². The molecular formula is C20H17F2N3O. The van der Waals surface area contributed by atoms with E-state index in [1.54, 1.807) is 18.3 Å². The minimum absolute atomic E-state index is 0.0168. The molecule has 0 atom stereocenters. The summed E-state index contributed by atoms with van der Waals surface area (Å²) in [6.45, 7) is 4.04. The molecule has 3 aromatic rings. The second-order valence-corrected chi connectivity index (χ2v) is 6.02. The molecule has 0 aliphatic rings. The van der Waals surface area contributed by atoms with E-state index in [4.69, 9.17) is 0 Å². The zero-order valence-electron chi connectivity index (χ0n) is 14.3. The number of pyridine rings is 1. The lowest BCUT2D eigenvalue weighted by molar-refractivity contribution is 0.102. The van der Waals surface area contributed by atoms with Crippen LogP contribution in [0.3, 0.4) is 0 Å². The third-order valence-corrected chi connectivity index (χ3v) is 3.70. The molecule has 0 spiro atoms. The van der Waals surface area contributed by atoms with Gasteiger partial charge in [0.05, 0.1) is 11.9 Å². The standard InChI is InChI=1S/C20H17F2N3O/c1-12-7-13(2)9-16(8-12)24-15-4-6-19(23-11-15)25-20(26)14-3-5-17(21)18(22)10-14/h3-11,24H,1-2H3,(H,23,25,26). The molecule has 1 aromatic heterocycles. The van der Waals surface area contributed by atoms with Crippen LogP contribution < -0.4 is 10.6 Å². The fraction of sp³-hybridized carbons (Fsp3) is 0.100. The SMILES string of the molecule is Cc1cc(C)cc(Nc2ccc(NC(=O)c3ccc(F)c(F)c3)nc2)c1. The summed E-state index contributed by atoms with van der Waals surface area (Å²) in [7, 11) is 0. The highest BCUT2D eigenvalue weighted by molar-refractivity contribution is 6.03. The van der Waals surface area contributed by atoms with E-state index >= 15 is 0 Å². The third kappa shape index (κ3) is 4.22. The summed E-state index contributed by atoms with van der Waals surface area (Å²) >= 11 is 0. The van der Waals surface area contributed by atoms with E-state index in [2.05, 4.69) is 21.7 Å². The quantitative estimate of drug-likeness (QED) is 0.696. The van der Waals surface area contributed by atoms with Crippen molar-refractivity contribution in [2.24, 2.45) is 0 Å². The lowest BCUT2D eigenvalue weighted by Crippen LogP contribution is -2.13. The van der Waals surface area contributed by atoms with Crippen molar-refractivity contribution in [2.75, 3.05) is 10.6 Å². The Bertz CT molecular complexity index is 936. The highest BCUT2D eigenvalue weighted by atomic mass is 19.2. The summed E-state index contributed by atoms with van der Waals surface area (Å²) in [5, 5.41) is 5.79. The Balaban J connectivity index is 1.69. The van der Waals surface area contributed by atoms with Gasteiger partial charge >= 0.3 is 0 Å². The second-order valence-electron chi connectivity index (χ2n) is 6.02. The number of rotatable bonds is 4. The average Bonchev–Trinajstić information content (AvgIpc) is 2.58. The Kier molecular flexibility index (Phi) is 4.93. The monoisotopic (exact) mass is 353 g/mol. The first kappa shape index (κ1) is 17.5. The van der Waals surface area contributed by atoms with E-state index in [9.17, 15) is 13.6 Å².